The fourth-order valence-corrected chi connectivity index (χ4v) is 4.64. The highest BCUT2D eigenvalue weighted by Crippen LogP contribution is 2.31. The molecule has 0 saturated carbocycles. The molecule has 0 aliphatic carbocycles. The van der Waals surface area contributed by atoms with E-state index >= 15 is 0 Å². The molecule has 2 fully saturated rings. The van der Waals surface area contributed by atoms with Crippen LogP contribution in [0.2, 0.25) is 0 Å². The number of para-hydroxylation sites is 1. The molecule has 7 nitrogen and oxygen atoms in total. The topological polar surface area (TPSA) is 58.6 Å². The van der Waals surface area contributed by atoms with Gasteiger partial charge in [0.1, 0.15) is 5.75 Å². The van der Waals surface area contributed by atoms with Crippen molar-refractivity contribution in [3.05, 3.63) is 29.8 Å². The van der Waals surface area contributed by atoms with Gasteiger partial charge in [-0.15, -0.1) is 0 Å². The summed E-state index contributed by atoms with van der Waals surface area (Å²) in [6.45, 7) is 6.57. The summed E-state index contributed by atoms with van der Waals surface area (Å²) >= 11 is 0. The zero-order valence-corrected chi connectivity index (χ0v) is 19.5. The Kier molecular flexibility index (Phi) is 9.90. The third-order valence-corrected chi connectivity index (χ3v) is 6.33. The number of nitrogens with one attached hydrogen (secondary N) is 1. The minimum atomic E-state index is 0.275. The van der Waals surface area contributed by atoms with Crippen LogP contribution in [0.5, 0.6) is 5.75 Å². The Morgan fingerprint density at radius 3 is 2.52 bits per heavy atom. The van der Waals surface area contributed by atoms with Gasteiger partial charge in [-0.25, -0.2) is 0 Å². The normalized spacial score (nSPS) is 19.6. The van der Waals surface area contributed by atoms with E-state index in [1.54, 1.807) is 14.2 Å². The van der Waals surface area contributed by atoms with Gasteiger partial charge in [0.2, 0.25) is 0 Å². The fourth-order valence-electron chi connectivity index (χ4n) is 4.64. The number of ether oxygens (including phenoxy) is 3. The molecule has 3 rings (SSSR count). The molecule has 1 unspecified atom stereocenters. The Balaban J connectivity index is 1.55. The molecule has 7 heteroatoms. The lowest BCUT2D eigenvalue weighted by Gasteiger charge is -2.36. The van der Waals surface area contributed by atoms with Crippen molar-refractivity contribution in [2.45, 2.75) is 44.2 Å². The average molecular weight is 433 g/mol. The monoisotopic (exact) mass is 432 g/mol. The van der Waals surface area contributed by atoms with Crippen molar-refractivity contribution in [2.75, 3.05) is 67.2 Å². The Hall–Kier alpha value is -1.83. The van der Waals surface area contributed by atoms with Crippen molar-refractivity contribution in [3.8, 4) is 5.75 Å². The molecule has 1 aromatic carbocycles. The predicted molar refractivity (Wildman–Crippen MR) is 125 cm³/mol. The lowest BCUT2D eigenvalue weighted by atomic mass is 10.0. The van der Waals surface area contributed by atoms with Gasteiger partial charge in [0.25, 0.3) is 0 Å². The highest BCUT2D eigenvalue weighted by Gasteiger charge is 2.27. The van der Waals surface area contributed by atoms with Crippen molar-refractivity contribution in [3.63, 3.8) is 0 Å². The summed E-state index contributed by atoms with van der Waals surface area (Å²) in [6.07, 6.45) is 5.90. The second-order valence-electron chi connectivity index (χ2n) is 8.33. The number of likely N-dealkylation sites (tertiary alicyclic amines) is 2. The SMILES string of the molecule is CN=C(NCC(c1ccccc1OC)N1CCCC1)N1CCC(OCCCOC)CC1. The molecule has 1 N–H and O–H groups in total. The Morgan fingerprint density at radius 1 is 1.10 bits per heavy atom. The molecule has 0 spiro atoms. The first-order chi connectivity index (χ1) is 15.3. The van der Waals surface area contributed by atoms with Crippen molar-refractivity contribution < 1.29 is 14.2 Å². The summed E-state index contributed by atoms with van der Waals surface area (Å²) in [5.41, 5.74) is 1.25. The summed E-state index contributed by atoms with van der Waals surface area (Å²) < 4.78 is 16.8. The Bertz CT molecular complexity index is 671. The molecule has 174 valence electrons. The van der Waals surface area contributed by atoms with Crippen molar-refractivity contribution in [2.24, 2.45) is 4.99 Å². The van der Waals surface area contributed by atoms with Gasteiger partial charge in [0.05, 0.1) is 19.3 Å². The molecule has 0 amide bonds. The van der Waals surface area contributed by atoms with Crippen LogP contribution >= 0.6 is 0 Å². The zero-order chi connectivity index (χ0) is 21.9. The number of rotatable bonds is 10. The van der Waals surface area contributed by atoms with E-state index in [4.69, 9.17) is 14.2 Å². The quantitative estimate of drug-likeness (QED) is 0.349. The summed E-state index contributed by atoms with van der Waals surface area (Å²) in [7, 11) is 5.37. The average Bonchev–Trinajstić information content (AvgIpc) is 3.35. The van der Waals surface area contributed by atoms with E-state index in [1.165, 1.54) is 18.4 Å². The highest BCUT2D eigenvalue weighted by atomic mass is 16.5. The molecule has 2 aliphatic heterocycles. The molecule has 2 aliphatic rings. The number of hydrogen-bond donors (Lipinski definition) is 1. The van der Waals surface area contributed by atoms with Crippen LogP contribution in [0.15, 0.2) is 29.3 Å². The summed E-state index contributed by atoms with van der Waals surface area (Å²) in [4.78, 5) is 9.51. The van der Waals surface area contributed by atoms with Gasteiger partial charge in [0.15, 0.2) is 5.96 Å². The van der Waals surface area contributed by atoms with Gasteiger partial charge >= 0.3 is 0 Å². The largest absolute Gasteiger partial charge is 0.496 e. The van der Waals surface area contributed by atoms with Crippen molar-refractivity contribution >= 4 is 5.96 Å². The number of guanidine groups is 1. The number of hydrogen-bond acceptors (Lipinski definition) is 5. The second kappa shape index (κ2) is 12.9. The number of benzene rings is 1. The van der Waals surface area contributed by atoms with E-state index in [1.807, 2.05) is 13.1 Å². The minimum absolute atomic E-state index is 0.275. The van der Waals surface area contributed by atoms with Crippen molar-refractivity contribution in [1.82, 2.24) is 15.1 Å². The molecule has 1 aromatic rings. The fraction of sp³-hybridized carbons (Fsp3) is 0.708. The number of nitrogens with zero attached hydrogens (tertiary/aromatic N) is 3. The molecule has 0 bridgehead atoms. The molecular weight excluding hydrogens is 392 g/mol. The standard InChI is InChI=1S/C24H40N4O3/c1-25-24(28-15-11-20(12-16-28)31-18-8-17-29-2)26-19-22(27-13-6-7-14-27)21-9-4-5-10-23(21)30-3/h4-5,9-10,20,22H,6-8,11-19H2,1-3H3,(H,25,26). The lowest BCUT2D eigenvalue weighted by molar-refractivity contribution is 0.00986. The van der Waals surface area contributed by atoms with E-state index in [-0.39, 0.29) is 6.04 Å². The Labute approximate surface area is 187 Å². The molecule has 2 saturated heterocycles. The third-order valence-electron chi connectivity index (χ3n) is 6.33. The van der Waals surface area contributed by atoms with Crippen LogP contribution in [0.25, 0.3) is 0 Å². The summed E-state index contributed by atoms with van der Waals surface area (Å²) in [5, 5.41) is 3.66. The summed E-state index contributed by atoms with van der Waals surface area (Å²) in [5.74, 6) is 1.94. The zero-order valence-electron chi connectivity index (χ0n) is 19.5. The Morgan fingerprint density at radius 2 is 1.84 bits per heavy atom. The van der Waals surface area contributed by atoms with E-state index < -0.39 is 0 Å². The molecule has 2 heterocycles. The third kappa shape index (κ3) is 6.82. The van der Waals surface area contributed by atoms with Crippen LogP contribution in [0.1, 0.15) is 43.7 Å². The molecule has 0 radical (unpaired) electrons. The van der Waals surface area contributed by atoms with E-state index in [0.717, 1.165) is 76.9 Å². The van der Waals surface area contributed by atoms with Gasteiger partial charge in [-0.05, 0) is 51.3 Å². The maximum Gasteiger partial charge on any atom is 0.193 e. The van der Waals surface area contributed by atoms with Gasteiger partial charge in [-0.2, -0.15) is 0 Å². The van der Waals surface area contributed by atoms with Gasteiger partial charge in [-0.1, -0.05) is 18.2 Å². The highest BCUT2D eigenvalue weighted by molar-refractivity contribution is 5.80. The van der Waals surface area contributed by atoms with Crippen LogP contribution in [0, 0.1) is 0 Å². The van der Waals surface area contributed by atoms with Crippen molar-refractivity contribution in [1.29, 1.82) is 0 Å². The minimum Gasteiger partial charge on any atom is -0.496 e. The van der Waals surface area contributed by atoms with E-state index in [9.17, 15) is 0 Å². The number of piperidine rings is 1. The smallest absolute Gasteiger partial charge is 0.193 e. The predicted octanol–water partition coefficient (Wildman–Crippen LogP) is 2.93. The first kappa shape index (κ1) is 23.8. The van der Waals surface area contributed by atoms with Crippen LogP contribution in [-0.2, 0) is 9.47 Å². The first-order valence-electron chi connectivity index (χ1n) is 11.7. The van der Waals surface area contributed by atoms with Gasteiger partial charge in [-0.3, -0.25) is 9.89 Å². The molecule has 0 aromatic heterocycles. The van der Waals surface area contributed by atoms with Crippen LogP contribution in [0.3, 0.4) is 0 Å². The second-order valence-corrected chi connectivity index (χ2v) is 8.33. The van der Waals surface area contributed by atoms with Gasteiger partial charge in [0, 0.05) is 52.6 Å². The van der Waals surface area contributed by atoms with Crippen LogP contribution in [-0.4, -0.2) is 89.1 Å². The first-order valence-corrected chi connectivity index (χ1v) is 11.7. The number of methoxy groups -OCH3 is 2. The number of aliphatic imine (C=N–C) groups is 1. The molecule has 31 heavy (non-hydrogen) atoms. The summed E-state index contributed by atoms with van der Waals surface area (Å²) in [6, 6.07) is 8.67. The molecular formula is C24H40N4O3. The maximum atomic E-state index is 6.01. The van der Waals surface area contributed by atoms with Gasteiger partial charge < -0.3 is 24.4 Å². The lowest BCUT2D eigenvalue weighted by Crippen LogP contribution is -2.49. The maximum absolute atomic E-state index is 6.01. The van der Waals surface area contributed by atoms with Crippen LogP contribution in [0.4, 0.5) is 0 Å². The molecule has 1 atom stereocenters. The van der Waals surface area contributed by atoms with E-state index in [0.29, 0.717) is 6.10 Å². The van der Waals surface area contributed by atoms with Crippen LogP contribution < -0.4 is 10.1 Å². The van der Waals surface area contributed by atoms with E-state index in [2.05, 4.69) is 38.3 Å².